The maximum atomic E-state index is 14.7. The number of nitrogens with two attached hydrogens (primary N) is 1. The van der Waals surface area contributed by atoms with E-state index in [1.807, 2.05) is 0 Å². The van der Waals surface area contributed by atoms with E-state index in [4.69, 9.17) is 10.5 Å². The number of methoxy groups -OCH3 is 1. The zero-order valence-electron chi connectivity index (χ0n) is 17.7. The van der Waals surface area contributed by atoms with Gasteiger partial charge in [-0.25, -0.2) is 13.8 Å². The van der Waals surface area contributed by atoms with E-state index >= 15 is 0 Å². The summed E-state index contributed by atoms with van der Waals surface area (Å²) in [7, 11) is 2.04. The molecule has 0 saturated heterocycles. The molecule has 0 amide bonds. The second-order valence-corrected chi connectivity index (χ2v) is 8.03. The number of carbonyl (C=O) groups excluding carboxylic acids is 1. The molecule has 9 nitrogen and oxygen atoms in total. The highest BCUT2D eigenvalue weighted by atomic mass is 32.2. The number of halogens is 4. The molecule has 0 aliphatic carbocycles. The average molecular weight is 502 g/mol. The van der Waals surface area contributed by atoms with E-state index in [9.17, 15) is 31.9 Å². The van der Waals surface area contributed by atoms with Crippen molar-refractivity contribution >= 4 is 29.6 Å². The summed E-state index contributed by atoms with van der Waals surface area (Å²) in [6.07, 6.45) is -1.11. The quantitative estimate of drug-likeness (QED) is 0.364. The molecule has 2 N–H and O–H groups in total. The highest BCUT2D eigenvalue weighted by Crippen LogP contribution is 2.31. The summed E-state index contributed by atoms with van der Waals surface area (Å²) in [5.74, 6) is -1.80. The van der Waals surface area contributed by atoms with Crippen molar-refractivity contribution in [1.82, 2.24) is 9.13 Å². The summed E-state index contributed by atoms with van der Waals surface area (Å²) in [6.45, 7) is 0. The van der Waals surface area contributed by atoms with Crippen LogP contribution in [-0.4, -0.2) is 45.7 Å². The Bertz CT molecular complexity index is 1290. The zero-order chi connectivity index (χ0) is 25.2. The summed E-state index contributed by atoms with van der Waals surface area (Å²) < 4.78 is 64.8. The van der Waals surface area contributed by atoms with Crippen LogP contribution >= 0.6 is 11.8 Å². The lowest BCUT2D eigenvalue weighted by Gasteiger charge is -2.25. The first-order valence-corrected chi connectivity index (χ1v) is 10.5. The van der Waals surface area contributed by atoms with E-state index in [-0.39, 0.29) is 32.4 Å². The number of hydrogen-bond acceptors (Lipinski definition) is 8. The first kappa shape index (κ1) is 25.1. The number of thioether (sulfide) groups is 1. The molecule has 1 aromatic carbocycles. The van der Waals surface area contributed by atoms with Gasteiger partial charge in [0.1, 0.15) is 28.7 Å². The van der Waals surface area contributed by atoms with Crippen LogP contribution in [0.5, 0.6) is 5.75 Å². The average Bonchev–Trinajstić information content (AvgIpc) is 2.77. The van der Waals surface area contributed by atoms with E-state index < -0.39 is 52.1 Å². The third kappa shape index (κ3) is 5.16. The van der Waals surface area contributed by atoms with Gasteiger partial charge in [-0.05, 0) is 12.2 Å². The van der Waals surface area contributed by atoms with Crippen molar-refractivity contribution in [3.8, 4) is 11.4 Å². The van der Waals surface area contributed by atoms with Crippen LogP contribution in [0, 0.1) is 5.82 Å². The molecule has 2 unspecified atom stereocenters. The predicted molar refractivity (Wildman–Crippen MR) is 117 cm³/mol. The Morgan fingerprint density at radius 3 is 2.62 bits per heavy atom. The summed E-state index contributed by atoms with van der Waals surface area (Å²) >= 11 is 1.10. The number of hydrogen-bond donors (Lipinski definition) is 1. The lowest BCUT2D eigenvalue weighted by atomic mass is 10.2. The molecule has 1 aliphatic heterocycles. The molecular formula is C20H18F4N4O5S. The minimum Gasteiger partial charge on any atom is -0.481 e. The monoisotopic (exact) mass is 502 g/mol. The van der Waals surface area contributed by atoms with Gasteiger partial charge in [-0.2, -0.15) is 13.2 Å². The highest BCUT2D eigenvalue weighted by molar-refractivity contribution is 8.00. The van der Waals surface area contributed by atoms with Crippen LogP contribution in [0.3, 0.4) is 0 Å². The Morgan fingerprint density at radius 1 is 1.26 bits per heavy atom. The number of benzene rings is 1. The van der Waals surface area contributed by atoms with Crippen molar-refractivity contribution in [2.75, 3.05) is 18.6 Å². The van der Waals surface area contributed by atoms with Crippen molar-refractivity contribution < 1.29 is 31.8 Å². The van der Waals surface area contributed by atoms with E-state index in [0.29, 0.717) is 0 Å². The number of nitrogen functional groups attached to an aromatic ring is 1. The molecule has 3 rings (SSSR count). The van der Waals surface area contributed by atoms with Crippen molar-refractivity contribution in [1.29, 1.82) is 0 Å². The Morgan fingerprint density at radius 2 is 1.97 bits per heavy atom. The largest absolute Gasteiger partial charge is 0.481 e. The second-order valence-electron chi connectivity index (χ2n) is 6.93. The van der Waals surface area contributed by atoms with Gasteiger partial charge in [0.25, 0.3) is 5.56 Å². The van der Waals surface area contributed by atoms with Crippen molar-refractivity contribution in [2.24, 2.45) is 12.0 Å². The maximum Gasteiger partial charge on any atom is 0.431 e. The number of allylic oxidation sites excluding steroid dienone is 1. The van der Waals surface area contributed by atoms with Crippen LogP contribution in [0.2, 0.25) is 0 Å². The minimum absolute atomic E-state index is 0.0344. The molecule has 2 heterocycles. The van der Waals surface area contributed by atoms with E-state index in [1.165, 1.54) is 13.3 Å². The Hall–Kier alpha value is -3.55. The Labute approximate surface area is 193 Å². The van der Waals surface area contributed by atoms with Crippen LogP contribution in [0.15, 0.2) is 44.9 Å². The standard InChI is InChI=1S/C20H18F4N4O5S/c1-27-15(20(22,23)24)8-16(29)28(19(27)31)12-7-14(11(25)6-10(12)21)33-13-4-3-5-26-18(13)34-9-17(30)32-2/h3-8,13,18H,9,25H2,1-2H3. The van der Waals surface area contributed by atoms with Crippen LogP contribution in [0.1, 0.15) is 5.69 Å². The first-order chi connectivity index (χ1) is 15.9. The number of esters is 1. The van der Waals surface area contributed by atoms with Crippen molar-refractivity contribution in [2.45, 2.75) is 17.7 Å². The SMILES string of the molecule is COC(=O)CSC1N=CC=CC1Oc1cc(-n2c(=O)cc(C(F)(F)F)n(C)c2=O)c(F)cc1N. The number of rotatable bonds is 6. The maximum absolute atomic E-state index is 14.7. The van der Waals surface area contributed by atoms with Crippen LogP contribution in [-0.2, 0) is 22.8 Å². The Balaban J connectivity index is 2.01. The fourth-order valence-electron chi connectivity index (χ4n) is 3.02. The third-order valence-electron chi connectivity index (χ3n) is 4.69. The van der Waals surface area contributed by atoms with Gasteiger partial charge < -0.3 is 15.2 Å². The second kappa shape index (κ2) is 9.75. The number of aromatic nitrogens is 2. The predicted octanol–water partition coefficient (Wildman–Crippen LogP) is 1.90. The van der Waals surface area contributed by atoms with E-state index in [1.54, 1.807) is 12.2 Å². The van der Waals surface area contributed by atoms with Crippen molar-refractivity contribution in [3.63, 3.8) is 0 Å². The molecule has 2 atom stereocenters. The van der Waals surface area contributed by atoms with Gasteiger partial charge in [-0.3, -0.25) is 19.1 Å². The zero-order valence-corrected chi connectivity index (χ0v) is 18.5. The molecular weight excluding hydrogens is 484 g/mol. The molecule has 0 radical (unpaired) electrons. The lowest BCUT2D eigenvalue weighted by Crippen LogP contribution is -2.41. The first-order valence-electron chi connectivity index (χ1n) is 9.48. The van der Waals surface area contributed by atoms with E-state index in [0.717, 1.165) is 30.9 Å². The minimum atomic E-state index is -4.97. The van der Waals surface area contributed by atoms with Gasteiger partial charge in [0.15, 0.2) is 0 Å². The molecule has 1 aromatic heterocycles. The number of dihydropyridines is 1. The molecule has 0 bridgehead atoms. The number of carbonyl (C=O) groups is 1. The van der Waals surface area contributed by atoms with Gasteiger partial charge in [-0.15, -0.1) is 11.8 Å². The fourth-order valence-corrected chi connectivity index (χ4v) is 3.94. The topological polar surface area (TPSA) is 118 Å². The molecule has 0 saturated carbocycles. The fraction of sp³-hybridized carbons (Fsp3) is 0.300. The number of anilines is 1. The normalized spacial score (nSPS) is 17.6. The summed E-state index contributed by atoms with van der Waals surface area (Å²) in [5.41, 5.74) is 0.701. The number of alkyl halides is 3. The van der Waals surface area contributed by atoms with Crippen LogP contribution in [0.4, 0.5) is 23.2 Å². The van der Waals surface area contributed by atoms with Gasteiger partial charge in [0.2, 0.25) is 0 Å². The number of aliphatic imine (C=N–C) groups is 1. The molecule has 14 heteroatoms. The summed E-state index contributed by atoms with van der Waals surface area (Å²) in [5, 5.41) is -0.612. The van der Waals surface area contributed by atoms with Gasteiger partial charge >= 0.3 is 17.8 Å². The molecule has 1 aliphatic rings. The smallest absolute Gasteiger partial charge is 0.431 e. The molecule has 2 aromatic rings. The molecule has 34 heavy (non-hydrogen) atoms. The lowest BCUT2D eigenvalue weighted by molar-refractivity contribution is -0.144. The van der Waals surface area contributed by atoms with Crippen LogP contribution in [0.25, 0.3) is 5.69 Å². The number of nitrogens with zero attached hydrogens (tertiary/aromatic N) is 3. The highest BCUT2D eigenvalue weighted by Gasteiger charge is 2.35. The van der Waals surface area contributed by atoms with E-state index in [2.05, 4.69) is 9.73 Å². The molecule has 0 spiro atoms. The third-order valence-corrected chi connectivity index (χ3v) is 5.83. The molecule has 0 fully saturated rings. The van der Waals surface area contributed by atoms with Gasteiger partial charge in [-0.1, -0.05) is 0 Å². The number of ether oxygens (including phenoxy) is 2. The molecule has 182 valence electrons. The van der Waals surface area contributed by atoms with Gasteiger partial charge in [0.05, 0.1) is 24.2 Å². The summed E-state index contributed by atoms with van der Waals surface area (Å²) in [4.78, 5) is 40.5. The van der Waals surface area contributed by atoms with Crippen LogP contribution < -0.4 is 21.7 Å². The van der Waals surface area contributed by atoms with Gasteiger partial charge in [0, 0.05) is 31.5 Å². The Kier molecular flexibility index (Phi) is 7.19. The summed E-state index contributed by atoms with van der Waals surface area (Å²) in [6, 6.07) is 1.91. The van der Waals surface area contributed by atoms with Crippen molar-refractivity contribution in [3.05, 3.63) is 62.7 Å².